The van der Waals surface area contributed by atoms with E-state index in [-0.39, 0.29) is 0 Å². The Morgan fingerprint density at radius 1 is 0.206 bits per heavy atom. The standard InChI is InChI=1S/3C12H25N.2C11H23N/c3*1-10(2)12-8-6-5-7-9-13(12)11(3)4;2*1-9(2)11-7-5-6-8-12(11)10(3)4/h3*10-12H,5-9H2,1-4H3;2*9-11H,5-8H2,1-4H3. The van der Waals surface area contributed by atoms with Crippen LogP contribution < -0.4 is 0 Å². The van der Waals surface area contributed by atoms with Crippen LogP contribution in [0.5, 0.6) is 0 Å². The third-order valence-corrected chi connectivity index (χ3v) is 15.9. The molecule has 0 bridgehead atoms. The number of rotatable bonds is 10. The fourth-order valence-electron chi connectivity index (χ4n) is 12.2. The lowest BCUT2D eigenvalue weighted by Crippen LogP contribution is -2.46. The van der Waals surface area contributed by atoms with E-state index in [9.17, 15) is 0 Å². The first-order chi connectivity index (χ1) is 29.6. The van der Waals surface area contributed by atoms with Crippen molar-refractivity contribution in [2.24, 2.45) is 29.6 Å². The Hall–Kier alpha value is -0.200. The molecule has 5 unspecified atom stereocenters. The topological polar surface area (TPSA) is 16.2 Å². The summed E-state index contributed by atoms with van der Waals surface area (Å²) in [5.41, 5.74) is 0. The summed E-state index contributed by atoms with van der Waals surface area (Å²) in [5, 5.41) is 0. The fourth-order valence-corrected chi connectivity index (χ4v) is 12.2. The highest BCUT2D eigenvalue weighted by atomic mass is 15.2. The Morgan fingerprint density at radius 3 is 0.492 bits per heavy atom. The highest BCUT2D eigenvalue weighted by Crippen LogP contribution is 2.28. The zero-order chi connectivity index (χ0) is 47.8. The van der Waals surface area contributed by atoms with Crippen LogP contribution >= 0.6 is 0 Å². The second-order valence-corrected chi connectivity index (χ2v) is 24.3. The summed E-state index contributed by atoms with van der Waals surface area (Å²) >= 11 is 0. The lowest BCUT2D eigenvalue weighted by molar-refractivity contribution is 0.0807. The van der Waals surface area contributed by atoms with Gasteiger partial charge in [-0.1, -0.05) is 121 Å². The maximum atomic E-state index is 2.71. The highest BCUT2D eigenvalue weighted by molar-refractivity contribution is 4.84. The molecule has 0 aromatic heterocycles. The second kappa shape index (κ2) is 33.3. The minimum absolute atomic E-state index is 0.727. The summed E-state index contributed by atoms with van der Waals surface area (Å²) in [7, 11) is 0. The van der Waals surface area contributed by atoms with Crippen molar-refractivity contribution in [2.45, 2.75) is 314 Å². The van der Waals surface area contributed by atoms with E-state index in [2.05, 4.69) is 163 Å². The van der Waals surface area contributed by atoms with Gasteiger partial charge in [-0.25, -0.2) is 0 Å². The Kier molecular flexibility index (Phi) is 32.2. The van der Waals surface area contributed by atoms with Crippen LogP contribution in [0.1, 0.15) is 254 Å². The van der Waals surface area contributed by atoms with Crippen molar-refractivity contribution < 1.29 is 0 Å². The molecule has 5 aliphatic rings. The van der Waals surface area contributed by atoms with E-state index in [4.69, 9.17) is 0 Å². The second-order valence-electron chi connectivity index (χ2n) is 24.3. The van der Waals surface area contributed by atoms with Crippen LogP contribution in [0.15, 0.2) is 0 Å². The van der Waals surface area contributed by atoms with E-state index < -0.39 is 0 Å². The molecule has 63 heavy (non-hydrogen) atoms. The molecule has 5 fully saturated rings. The summed E-state index contributed by atoms with van der Waals surface area (Å²) in [6.45, 7) is 53.5. The first kappa shape index (κ1) is 60.8. The average molecular weight is 889 g/mol. The molecule has 5 heterocycles. The van der Waals surface area contributed by atoms with Crippen LogP contribution in [-0.4, -0.2) is 118 Å². The van der Waals surface area contributed by atoms with Crippen molar-refractivity contribution >= 4 is 0 Å². The van der Waals surface area contributed by atoms with Gasteiger partial charge in [-0.2, -0.15) is 0 Å². The Morgan fingerprint density at radius 2 is 0.349 bits per heavy atom. The molecule has 0 spiro atoms. The third-order valence-electron chi connectivity index (χ3n) is 15.9. The van der Waals surface area contributed by atoms with Gasteiger partial charge in [0.1, 0.15) is 0 Å². The Bertz CT molecular complexity index is 871. The van der Waals surface area contributed by atoms with Crippen molar-refractivity contribution in [3.05, 3.63) is 0 Å². The first-order valence-electron chi connectivity index (χ1n) is 28.4. The zero-order valence-electron chi connectivity index (χ0n) is 47.2. The first-order valence-corrected chi connectivity index (χ1v) is 28.4. The zero-order valence-corrected chi connectivity index (χ0v) is 47.2. The summed E-state index contributed by atoms with van der Waals surface area (Å²) in [6.07, 6.45) is 25.6. The van der Waals surface area contributed by atoms with Gasteiger partial charge in [-0.3, -0.25) is 24.5 Å². The van der Waals surface area contributed by atoms with Gasteiger partial charge in [0.2, 0.25) is 0 Å². The number of hydrogen-bond acceptors (Lipinski definition) is 5. The summed E-state index contributed by atoms with van der Waals surface area (Å²) in [6, 6.07) is 7.85. The highest BCUT2D eigenvalue weighted by Gasteiger charge is 2.29. The molecule has 5 nitrogen and oxygen atoms in total. The summed E-state index contributed by atoms with van der Waals surface area (Å²) in [4.78, 5) is 13.5. The van der Waals surface area contributed by atoms with Crippen molar-refractivity contribution in [1.29, 1.82) is 0 Å². The monoisotopic (exact) mass is 888 g/mol. The molecule has 5 rings (SSSR count). The molecule has 0 radical (unpaired) electrons. The number of piperidine rings is 2. The Balaban J connectivity index is 0.000000394. The molecular formula is C58H121N5. The maximum Gasteiger partial charge on any atom is 0.0121 e. The van der Waals surface area contributed by atoms with Crippen LogP contribution in [0.4, 0.5) is 0 Å². The van der Waals surface area contributed by atoms with Crippen LogP contribution in [0.25, 0.3) is 0 Å². The predicted octanol–water partition coefficient (Wildman–Crippen LogP) is 15.7. The van der Waals surface area contributed by atoms with E-state index in [1.54, 1.807) is 0 Å². The predicted molar refractivity (Wildman–Crippen MR) is 285 cm³/mol. The van der Waals surface area contributed by atoms with Crippen LogP contribution in [0.2, 0.25) is 0 Å². The largest absolute Gasteiger partial charge is 0.298 e. The molecule has 0 saturated carbocycles. The summed E-state index contributed by atoms with van der Waals surface area (Å²) < 4.78 is 0. The smallest absolute Gasteiger partial charge is 0.0121 e. The van der Waals surface area contributed by atoms with E-state index in [1.807, 2.05) is 0 Å². The van der Waals surface area contributed by atoms with Crippen LogP contribution in [0, 0.1) is 29.6 Å². The van der Waals surface area contributed by atoms with E-state index in [1.165, 1.54) is 148 Å². The van der Waals surface area contributed by atoms with E-state index in [0.717, 1.165) is 90.0 Å². The van der Waals surface area contributed by atoms with Crippen molar-refractivity contribution in [1.82, 2.24) is 24.5 Å². The number of nitrogens with zero attached hydrogens (tertiary/aromatic N) is 5. The van der Waals surface area contributed by atoms with E-state index in [0.29, 0.717) is 0 Å². The van der Waals surface area contributed by atoms with E-state index >= 15 is 0 Å². The van der Waals surface area contributed by atoms with Gasteiger partial charge >= 0.3 is 0 Å². The fraction of sp³-hybridized carbons (Fsp3) is 1.00. The number of likely N-dealkylation sites (tertiary alicyclic amines) is 5. The molecule has 5 atom stereocenters. The molecule has 0 N–H and O–H groups in total. The summed E-state index contributed by atoms with van der Waals surface area (Å²) in [5.74, 6) is 4.11. The van der Waals surface area contributed by atoms with Gasteiger partial charge in [-0.05, 0) is 196 Å². The van der Waals surface area contributed by atoms with Crippen molar-refractivity contribution in [2.75, 3.05) is 32.7 Å². The van der Waals surface area contributed by atoms with Crippen LogP contribution in [0.3, 0.4) is 0 Å². The molecule has 0 aromatic carbocycles. The average Bonchev–Trinajstić information content (AvgIpc) is 3.75. The minimum Gasteiger partial charge on any atom is -0.298 e. The molecule has 5 aliphatic heterocycles. The van der Waals surface area contributed by atoms with Crippen LogP contribution in [-0.2, 0) is 0 Å². The lowest BCUT2D eigenvalue weighted by Gasteiger charge is -2.40. The third kappa shape index (κ3) is 23.1. The van der Waals surface area contributed by atoms with Gasteiger partial charge < -0.3 is 0 Å². The van der Waals surface area contributed by atoms with Gasteiger partial charge in [0.25, 0.3) is 0 Å². The SMILES string of the molecule is CC(C)C1CCCCCN1C(C)C.CC(C)C1CCCCCN1C(C)C.CC(C)C1CCCCCN1C(C)C.CC(C)C1CCCCN1C(C)C.CC(C)C1CCCCN1C(C)C. The lowest BCUT2D eigenvalue weighted by atomic mass is 9.92. The maximum absolute atomic E-state index is 2.71. The van der Waals surface area contributed by atoms with Gasteiger partial charge in [0, 0.05) is 60.4 Å². The molecule has 0 amide bonds. The molecule has 0 aromatic rings. The minimum atomic E-state index is 0.727. The molecular weight excluding hydrogens is 767 g/mol. The number of hydrogen-bond donors (Lipinski definition) is 0. The quantitative estimate of drug-likeness (QED) is 0.217. The van der Waals surface area contributed by atoms with Crippen molar-refractivity contribution in [3.8, 4) is 0 Å². The molecule has 378 valence electrons. The van der Waals surface area contributed by atoms with Gasteiger partial charge in [0.05, 0.1) is 0 Å². The normalized spacial score (nSPS) is 26.9. The molecule has 0 aliphatic carbocycles. The van der Waals surface area contributed by atoms with Crippen molar-refractivity contribution in [3.63, 3.8) is 0 Å². The van der Waals surface area contributed by atoms with Gasteiger partial charge in [0.15, 0.2) is 0 Å². The van der Waals surface area contributed by atoms with Gasteiger partial charge in [-0.15, -0.1) is 0 Å². The molecule has 5 heteroatoms. The Labute approximate surface area is 399 Å². The molecule has 5 saturated heterocycles.